The van der Waals surface area contributed by atoms with E-state index in [1.165, 1.54) is 12.8 Å². The second-order valence-electron chi connectivity index (χ2n) is 6.72. The molecule has 23 heavy (non-hydrogen) atoms. The minimum atomic E-state index is -0.00346. The highest BCUT2D eigenvalue weighted by Crippen LogP contribution is 2.40. The monoisotopic (exact) mass is 315 g/mol. The van der Waals surface area contributed by atoms with Crippen molar-refractivity contribution in [2.45, 2.75) is 25.7 Å². The molecule has 0 radical (unpaired) electrons. The molecule has 1 saturated heterocycles. The van der Waals surface area contributed by atoms with Crippen molar-refractivity contribution >= 4 is 17.6 Å². The number of carbonyl (C=O) groups excluding carboxylic acids is 2. The van der Waals surface area contributed by atoms with Crippen LogP contribution < -0.4 is 5.32 Å². The molecule has 1 heterocycles. The summed E-state index contributed by atoms with van der Waals surface area (Å²) in [4.78, 5) is 28.0. The van der Waals surface area contributed by atoms with Crippen LogP contribution in [0.5, 0.6) is 0 Å². The number of nitrogens with one attached hydrogen (secondary N) is 1. The van der Waals surface area contributed by atoms with E-state index in [2.05, 4.69) is 5.32 Å². The molecule has 5 heteroatoms. The van der Waals surface area contributed by atoms with Gasteiger partial charge in [0.15, 0.2) is 0 Å². The highest BCUT2D eigenvalue weighted by molar-refractivity contribution is 5.90. The molecule has 1 aromatic carbocycles. The van der Waals surface area contributed by atoms with E-state index >= 15 is 0 Å². The molecule has 2 aliphatic rings. The Morgan fingerprint density at radius 3 is 2.43 bits per heavy atom. The Bertz CT molecular complexity index is 549. The van der Waals surface area contributed by atoms with Crippen molar-refractivity contribution in [2.24, 2.45) is 11.8 Å². The van der Waals surface area contributed by atoms with Gasteiger partial charge in [-0.1, -0.05) is 18.2 Å². The average Bonchev–Trinajstić information content (AvgIpc) is 2.82. The molecule has 0 bridgehead atoms. The van der Waals surface area contributed by atoms with Gasteiger partial charge in [-0.25, -0.2) is 4.79 Å². The summed E-state index contributed by atoms with van der Waals surface area (Å²) in [5, 5.41) is 2.87. The fraction of sp³-hybridized carbons (Fsp3) is 0.556. The Morgan fingerprint density at radius 1 is 1.17 bits per heavy atom. The predicted molar refractivity (Wildman–Crippen MR) is 90.1 cm³/mol. The normalized spacial score (nSPS) is 22.2. The smallest absolute Gasteiger partial charge is 0.319 e. The predicted octanol–water partition coefficient (Wildman–Crippen LogP) is 2.80. The van der Waals surface area contributed by atoms with E-state index in [9.17, 15) is 9.59 Å². The standard InChI is InChI=1S/C18H25N3O2/c1-20(18(23)21-12-14-9-10-15(14)13-21)11-5-8-17(22)19-16-6-3-2-4-7-16/h2-4,6-7,14-15H,5,8-13H2,1H3,(H,19,22)/t14-,15+. The van der Waals surface area contributed by atoms with Crippen LogP contribution in [0.4, 0.5) is 10.5 Å². The summed E-state index contributed by atoms with van der Waals surface area (Å²) in [5.41, 5.74) is 0.814. The van der Waals surface area contributed by atoms with E-state index in [-0.39, 0.29) is 11.9 Å². The van der Waals surface area contributed by atoms with Crippen LogP contribution in [-0.2, 0) is 4.79 Å². The molecule has 1 aliphatic carbocycles. The lowest BCUT2D eigenvalue weighted by atomic mass is 9.77. The van der Waals surface area contributed by atoms with Gasteiger partial charge in [0, 0.05) is 38.8 Å². The molecular weight excluding hydrogens is 290 g/mol. The summed E-state index contributed by atoms with van der Waals surface area (Å²) in [7, 11) is 1.83. The molecule has 1 N–H and O–H groups in total. The Morgan fingerprint density at radius 2 is 1.83 bits per heavy atom. The molecule has 3 rings (SSSR count). The van der Waals surface area contributed by atoms with Crippen molar-refractivity contribution < 1.29 is 9.59 Å². The van der Waals surface area contributed by atoms with E-state index in [4.69, 9.17) is 0 Å². The number of anilines is 1. The maximum absolute atomic E-state index is 12.4. The van der Waals surface area contributed by atoms with Gasteiger partial charge in [0.1, 0.15) is 0 Å². The number of carbonyl (C=O) groups is 2. The van der Waals surface area contributed by atoms with E-state index in [0.29, 0.717) is 19.4 Å². The summed E-state index contributed by atoms with van der Waals surface area (Å²) in [6.07, 6.45) is 3.66. The summed E-state index contributed by atoms with van der Waals surface area (Å²) < 4.78 is 0. The lowest BCUT2D eigenvalue weighted by molar-refractivity contribution is -0.116. The highest BCUT2D eigenvalue weighted by Gasteiger charge is 2.41. The molecule has 0 unspecified atom stereocenters. The minimum absolute atomic E-state index is 0.00346. The molecule has 1 aromatic rings. The van der Waals surface area contributed by atoms with Crippen molar-refractivity contribution in [1.29, 1.82) is 0 Å². The summed E-state index contributed by atoms with van der Waals surface area (Å²) in [6, 6.07) is 9.56. The highest BCUT2D eigenvalue weighted by atomic mass is 16.2. The number of hydrogen-bond donors (Lipinski definition) is 1. The number of hydrogen-bond acceptors (Lipinski definition) is 2. The summed E-state index contributed by atoms with van der Waals surface area (Å²) in [6.45, 7) is 2.46. The number of urea groups is 1. The Hall–Kier alpha value is -2.04. The lowest BCUT2D eigenvalue weighted by Crippen LogP contribution is -2.40. The van der Waals surface area contributed by atoms with Crippen LogP contribution in [0.3, 0.4) is 0 Å². The van der Waals surface area contributed by atoms with Gasteiger partial charge in [0.05, 0.1) is 0 Å². The van der Waals surface area contributed by atoms with Crippen LogP contribution >= 0.6 is 0 Å². The average molecular weight is 315 g/mol. The number of nitrogens with zero attached hydrogens (tertiary/aromatic N) is 2. The zero-order valence-corrected chi connectivity index (χ0v) is 13.7. The second-order valence-corrected chi connectivity index (χ2v) is 6.72. The maximum Gasteiger partial charge on any atom is 0.319 e. The number of fused-ring (bicyclic) bond motifs is 1. The molecule has 1 saturated carbocycles. The van der Waals surface area contributed by atoms with Crippen LogP contribution in [0.25, 0.3) is 0 Å². The largest absolute Gasteiger partial charge is 0.328 e. The zero-order valence-electron chi connectivity index (χ0n) is 13.7. The van der Waals surface area contributed by atoms with E-state index in [1.54, 1.807) is 4.90 Å². The first-order valence-electron chi connectivity index (χ1n) is 8.48. The third-order valence-corrected chi connectivity index (χ3v) is 5.04. The van der Waals surface area contributed by atoms with E-state index < -0.39 is 0 Å². The molecule has 2 atom stereocenters. The Kier molecular flexibility index (Phi) is 4.84. The van der Waals surface area contributed by atoms with Gasteiger partial charge < -0.3 is 15.1 Å². The number of benzene rings is 1. The first-order valence-corrected chi connectivity index (χ1v) is 8.48. The first kappa shape index (κ1) is 15.8. The quantitative estimate of drug-likeness (QED) is 0.908. The topological polar surface area (TPSA) is 52.7 Å². The second kappa shape index (κ2) is 7.02. The lowest BCUT2D eigenvalue weighted by Gasteiger charge is -2.27. The molecule has 0 spiro atoms. The van der Waals surface area contributed by atoms with Crippen molar-refractivity contribution in [2.75, 3.05) is 32.0 Å². The third kappa shape index (κ3) is 3.84. The fourth-order valence-electron chi connectivity index (χ4n) is 3.47. The van der Waals surface area contributed by atoms with Crippen LogP contribution in [0.1, 0.15) is 25.7 Å². The number of amides is 3. The van der Waals surface area contributed by atoms with Crippen molar-refractivity contribution in [3.63, 3.8) is 0 Å². The maximum atomic E-state index is 12.4. The van der Waals surface area contributed by atoms with Crippen molar-refractivity contribution in [3.8, 4) is 0 Å². The summed E-state index contributed by atoms with van der Waals surface area (Å²) >= 11 is 0. The van der Waals surface area contributed by atoms with Crippen LogP contribution in [0.2, 0.25) is 0 Å². The number of rotatable bonds is 5. The summed E-state index contributed by atoms with van der Waals surface area (Å²) in [5.74, 6) is 1.48. The number of para-hydroxylation sites is 1. The Balaban J connectivity index is 1.36. The van der Waals surface area contributed by atoms with Crippen LogP contribution in [-0.4, -0.2) is 48.4 Å². The van der Waals surface area contributed by atoms with Gasteiger partial charge in [0.2, 0.25) is 5.91 Å². The van der Waals surface area contributed by atoms with Gasteiger partial charge in [-0.2, -0.15) is 0 Å². The number of likely N-dealkylation sites (tertiary alicyclic amines) is 1. The van der Waals surface area contributed by atoms with Gasteiger partial charge in [-0.15, -0.1) is 0 Å². The molecule has 5 nitrogen and oxygen atoms in total. The molecule has 2 fully saturated rings. The van der Waals surface area contributed by atoms with Crippen LogP contribution in [0, 0.1) is 11.8 Å². The molecule has 0 aromatic heterocycles. The molecular formula is C18H25N3O2. The van der Waals surface area contributed by atoms with E-state index in [1.807, 2.05) is 42.3 Å². The van der Waals surface area contributed by atoms with Gasteiger partial charge >= 0.3 is 6.03 Å². The van der Waals surface area contributed by atoms with Crippen molar-refractivity contribution in [3.05, 3.63) is 30.3 Å². The molecule has 3 amide bonds. The fourth-order valence-corrected chi connectivity index (χ4v) is 3.47. The van der Waals surface area contributed by atoms with Crippen LogP contribution in [0.15, 0.2) is 30.3 Å². The van der Waals surface area contributed by atoms with Gasteiger partial charge in [-0.3, -0.25) is 4.79 Å². The molecule has 124 valence electrons. The van der Waals surface area contributed by atoms with E-state index in [0.717, 1.165) is 30.6 Å². The Labute approximate surface area is 137 Å². The first-order chi connectivity index (χ1) is 11.1. The SMILES string of the molecule is CN(CCCC(=O)Nc1ccccc1)C(=O)N1C[C@H]2CC[C@H]2C1. The van der Waals surface area contributed by atoms with Crippen molar-refractivity contribution in [1.82, 2.24) is 9.80 Å². The zero-order chi connectivity index (χ0) is 16.2. The third-order valence-electron chi connectivity index (χ3n) is 5.04. The van der Waals surface area contributed by atoms with Gasteiger partial charge in [0.25, 0.3) is 0 Å². The molecule has 1 aliphatic heterocycles. The van der Waals surface area contributed by atoms with Gasteiger partial charge in [-0.05, 0) is 43.2 Å². The minimum Gasteiger partial charge on any atom is -0.328 e.